The predicted molar refractivity (Wildman–Crippen MR) is 83.5 cm³/mol. The van der Waals surface area contributed by atoms with Gasteiger partial charge in [0.05, 0.1) is 10.0 Å². The molecule has 0 aliphatic heterocycles. The zero-order chi connectivity index (χ0) is 14.7. The monoisotopic (exact) mass is 314 g/mol. The van der Waals surface area contributed by atoms with Crippen LogP contribution in [-0.4, -0.2) is 25.0 Å². The van der Waals surface area contributed by atoms with Crippen LogP contribution in [-0.2, 0) is 4.79 Å². The van der Waals surface area contributed by atoms with Crippen molar-refractivity contribution < 1.29 is 4.79 Å². The van der Waals surface area contributed by atoms with Crippen molar-refractivity contribution in [2.45, 2.75) is 32.2 Å². The highest BCUT2D eigenvalue weighted by Gasteiger charge is 2.43. The molecule has 0 aromatic heterocycles. The maximum atomic E-state index is 12.1. The molecule has 2 unspecified atom stereocenters. The molecule has 0 heterocycles. The van der Waals surface area contributed by atoms with Gasteiger partial charge in [-0.05, 0) is 43.5 Å². The van der Waals surface area contributed by atoms with Crippen LogP contribution in [0.4, 0.5) is 0 Å². The van der Waals surface area contributed by atoms with Crippen molar-refractivity contribution in [1.82, 2.24) is 10.6 Å². The van der Waals surface area contributed by atoms with Crippen molar-refractivity contribution in [1.29, 1.82) is 0 Å². The largest absolute Gasteiger partial charge is 0.354 e. The molecule has 1 aromatic carbocycles. The third-order valence-electron chi connectivity index (χ3n) is 3.63. The first kappa shape index (κ1) is 15.6. The van der Waals surface area contributed by atoms with E-state index in [1.165, 1.54) is 0 Å². The van der Waals surface area contributed by atoms with Gasteiger partial charge in [-0.1, -0.05) is 36.2 Å². The summed E-state index contributed by atoms with van der Waals surface area (Å²) in [5.41, 5.74) is 1.10. The summed E-state index contributed by atoms with van der Waals surface area (Å²) in [7, 11) is 0. The van der Waals surface area contributed by atoms with E-state index < -0.39 is 0 Å². The van der Waals surface area contributed by atoms with Crippen molar-refractivity contribution in [3.63, 3.8) is 0 Å². The van der Waals surface area contributed by atoms with Crippen molar-refractivity contribution in [3.05, 3.63) is 33.8 Å². The van der Waals surface area contributed by atoms with E-state index in [1.807, 2.05) is 12.1 Å². The van der Waals surface area contributed by atoms with Crippen LogP contribution in [0.3, 0.4) is 0 Å². The fraction of sp³-hybridized carbons (Fsp3) is 0.533. The highest BCUT2D eigenvalue weighted by molar-refractivity contribution is 6.42. The minimum atomic E-state index is 0.0704. The molecule has 0 spiro atoms. The summed E-state index contributed by atoms with van der Waals surface area (Å²) in [6, 6.07) is 5.90. The van der Waals surface area contributed by atoms with Crippen LogP contribution in [0.5, 0.6) is 0 Å². The molecule has 2 rings (SSSR count). The van der Waals surface area contributed by atoms with Gasteiger partial charge in [-0.15, -0.1) is 0 Å². The average Bonchev–Trinajstić information content (AvgIpc) is 3.20. The van der Waals surface area contributed by atoms with E-state index in [0.717, 1.165) is 18.5 Å². The molecule has 1 aliphatic carbocycles. The summed E-state index contributed by atoms with van der Waals surface area (Å²) in [6.45, 7) is 5.69. The highest BCUT2D eigenvalue weighted by Crippen LogP contribution is 2.48. The number of likely N-dealkylation sites (N-methyl/N-ethyl adjacent to an activating group) is 1. The van der Waals surface area contributed by atoms with E-state index in [0.29, 0.717) is 22.6 Å². The van der Waals surface area contributed by atoms with E-state index in [-0.39, 0.29) is 17.7 Å². The average molecular weight is 315 g/mol. The number of halogens is 2. The van der Waals surface area contributed by atoms with Gasteiger partial charge in [-0.2, -0.15) is 0 Å². The molecule has 0 saturated heterocycles. The van der Waals surface area contributed by atoms with Crippen LogP contribution >= 0.6 is 23.2 Å². The van der Waals surface area contributed by atoms with Gasteiger partial charge in [0.1, 0.15) is 0 Å². The van der Waals surface area contributed by atoms with Crippen molar-refractivity contribution in [2.75, 3.05) is 13.1 Å². The number of nitrogens with one attached hydrogen (secondary N) is 2. The molecule has 0 radical (unpaired) electrons. The second kappa shape index (κ2) is 6.79. The predicted octanol–water partition coefficient (Wildman–Crippen LogP) is 3.21. The van der Waals surface area contributed by atoms with Gasteiger partial charge < -0.3 is 10.6 Å². The van der Waals surface area contributed by atoms with Crippen LogP contribution in [0.25, 0.3) is 0 Å². The smallest absolute Gasteiger partial charge is 0.223 e. The lowest BCUT2D eigenvalue weighted by atomic mass is 10.1. The molecule has 1 fully saturated rings. The first-order chi connectivity index (χ1) is 9.52. The lowest BCUT2D eigenvalue weighted by Crippen LogP contribution is -2.39. The first-order valence-corrected chi connectivity index (χ1v) is 7.74. The van der Waals surface area contributed by atoms with Crippen LogP contribution < -0.4 is 10.6 Å². The minimum absolute atomic E-state index is 0.0704. The lowest BCUT2D eigenvalue weighted by Gasteiger charge is -2.13. The number of rotatable bonds is 6. The zero-order valence-electron chi connectivity index (χ0n) is 11.7. The standard InChI is InChI=1S/C15H20Cl2N2O/c1-3-18-9(2)8-19-15(20)12-7-11(12)10-4-5-13(16)14(17)6-10/h4-6,9,11-12,18H,3,7-8H2,1-2H3,(H,19,20)/t9-,11?,12?/m1/s1. The summed E-state index contributed by atoms with van der Waals surface area (Å²) in [5, 5.41) is 7.37. The second-order valence-corrected chi connectivity index (χ2v) is 6.14. The minimum Gasteiger partial charge on any atom is -0.354 e. The number of hydrogen-bond donors (Lipinski definition) is 2. The molecule has 1 amide bonds. The number of amides is 1. The van der Waals surface area contributed by atoms with Gasteiger partial charge >= 0.3 is 0 Å². The molecule has 3 nitrogen and oxygen atoms in total. The van der Waals surface area contributed by atoms with Crippen LogP contribution in [0.15, 0.2) is 18.2 Å². The van der Waals surface area contributed by atoms with Crippen molar-refractivity contribution >= 4 is 29.1 Å². The molecule has 2 N–H and O–H groups in total. The van der Waals surface area contributed by atoms with E-state index in [4.69, 9.17) is 23.2 Å². The molecular formula is C15H20Cl2N2O. The molecular weight excluding hydrogens is 295 g/mol. The molecule has 3 atom stereocenters. The van der Waals surface area contributed by atoms with Crippen LogP contribution in [0.1, 0.15) is 31.7 Å². The molecule has 1 saturated carbocycles. The maximum Gasteiger partial charge on any atom is 0.223 e. The Kier molecular flexibility index (Phi) is 5.30. The summed E-state index contributed by atoms with van der Waals surface area (Å²) in [5.74, 6) is 0.478. The van der Waals surface area contributed by atoms with E-state index in [2.05, 4.69) is 24.5 Å². The van der Waals surface area contributed by atoms with Gasteiger partial charge in [0.15, 0.2) is 0 Å². The third-order valence-corrected chi connectivity index (χ3v) is 4.37. The number of carbonyl (C=O) groups excluding carboxylic acids is 1. The van der Waals surface area contributed by atoms with Crippen LogP contribution in [0, 0.1) is 5.92 Å². The lowest BCUT2D eigenvalue weighted by molar-refractivity contribution is -0.122. The van der Waals surface area contributed by atoms with Gasteiger partial charge in [0.25, 0.3) is 0 Å². The summed E-state index contributed by atoms with van der Waals surface area (Å²) in [4.78, 5) is 12.1. The molecule has 20 heavy (non-hydrogen) atoms. The van der Waals surface area contributed by atoms with E-state index in [1.54, 1.807) is 6.07 Å². The number of benzene rings is 1. The van der Waals surface area contributed by atoms with E-state index in [9.17, 15) is 4.79 Å². The Hall–Kier alpha value is -0.770. The normalized spacial score (nSPS) is 22.4. The Morgan fingerprint density at radius 3 is 2.80 bits per heavy atom. The van der Waals surface area contributed by atoms with E-state index >= 15 is 0 Å². The highest BCUT2D eigenvalue weighted by atomic mass is 35.5. The summed E-state index contributed by atoms with van der Waals surface area (Å²) in [6.07, 6.45) is 0.888. The Balaban J connectivity index is 1.84. The Labute approximate surface area is 130 Å². The quantitative estimate of drug-likeness (QED) is 0.846. The Morgan fingerprint density at radius 2 is 2.15 bits per heavy atom. The van der Waals surface area contributed by atoms with Gasteiger partial charge in [0, 0.05) is 18.5 Å². The molecule has 0 bridgehead atoms. The summed E-state index contributed by atoms with van der Waals surface area (Å²) >= 11 is 11.9. The number of hydrogen-bond acceptors (Lipinski definition) is 2. The third kappa shape index (κ3) is 3.87. The van der Waals surface area contributed by atoms with Gasteiger partial charge in [-0.25, -0.2) is 0 Å². The fourth-order valence-corrected chi connectivity index (χ4v) is 2.71. The Morgan fingerprint density at radius 1 is 1.40 bits per heavy atom. The zero-order valence-corrected chi connectivity index (χ0v) is 13.3. The SMILES string of the molecule is CCN[C@H](C)CNC(=O)C1CC1c1ccc(Cl)c(Cl)c1. The molecule has 5 heteroatoms. The Bertz CT molecular complexity index is 493. The topological polar surface area (TPSA) is 41.1 Å². The first-order valence-electron chi connectivity index (χ1n) is 6.99. The van der Waals surface area contributed by atoms with Gasteiger partial charge in [-0.3, -0.25) is 4.79 Å². The molecule has 110 valence electrons. The molecule has 1 aromatic rings. The second-order valence-electron chi connectivity index (χ2n) is 5.33. The maximum absolute atomic E-state index is 12.1. The van der Waals surface area contributed by atoms with Gasteiger partial charge in [0.2, 0.25) is 5.91 Å². The summed E-state index contributed by atoms with van der Waals surface area (Å²) < 4.78 is 0. The fourth-order valence-electron chi connectivity index (χ4n) is 2.40. The van der Waals surface area contributed by atoms with Crippen molar-refractivity contribution in [2.24, 2.45) is 5.92 Å². The van der Waals surface area contributed by atoms with Crippen LogP contribution in [0.2, 0.25) is 10.0 Å². The molecule has 1 aliphatic rings. The number of carbonyl (C=O) groups is 1. The van der Waals surface area contributed by atoms with Crippen molar-refractivity contribution in [3.8, 4) is 0 Å².